The van der Waals surface area contributed by atoms with Gasteiger partial charge in [0.15, 0.2) is 5.75 Å². The first-order valence-electron chi connectivity index (χ1n) is 16.3. The number of hydrogen-bond acceptors (Lipinski definition) is 6. The smallest absolute Gasteiger partial charge is 0.405 e. The molecule has 1 atom stereocenters. The fraction of sp³-hybridized carbons (Fsp3) is 0.289. The zero-order chi connectivity index (χ0) is 35.1. The molecule has 2 N–H and O–H groups in total. The molecule has 256 valence electrons. The SMILES string of the molecule is CCCC(C)NC(=O)Oc1cn(Cc2c(F)cccc2F)c2sc(-c3ccc(NC(=O)CC)cc3)c(CN(C)Cc3ccccc3)c2c1=O. The molecular formula is C38H40F2N4O4S. The third kappa shape index (κ3) is 8.60. The number of fused-ring (bicyclic) bond motifs is 1. The standard InChI is InChI=1S/C38H40F2N4O4S/c1-5-11-24(3)41-38(47)48-32-23-44(22-28-30(39)14-10-15-31(28)40)37-34(35(32)46)29(21-43(4)20-25-12-8-7-9-13-25)36(49-37)26-16-18-27(19-17-26)42-33(45)6-2/h7-10,12-19,23-24H,5-6,11,20-22H2,1-4H3,(H,41,47)(H,42,45). The number of benzene rings is 3. The molecule has 2 aromatic heterocycles. The average Bonchev–Trinajstić information content (AvgIpc) is 3.44. The number of anilines is 1. The lowest BCUT2D eigenvalue weighted by atomic mass is 10.0. The van der Waals surface area contributed by atoms with Crippen molar-refractivity contribution in [1.82, 2.24) is 14.8 Å². The second-order valence-corrected chi connectivity index (χ2v) is 13.1. The number of halogens is 2. The number of nitrogens with one attached hydrogen (secondary N) is 2. The van der Waals surface area contributed by atoms with Crippen molar-refractivity contribution in [2.45, 2.75) is 65.7 Å². The predicted molar refractivity (Wildman–Crippen MR) is 191 cm³/mol. The molecule has 3 aromatic carbocycles. The van der Waals surface area contributed by atoms with Gasteiger partial charge in [0.25, 0.3) is 0 Å². The van der Waals surface area contributed by atoms with Crippen molar-refractivity contribution in [2.75, 3.05) is 12.4 Å². The molecule has 8 nitrogen and oxygen atoms in total. The topological polar surface area (TPSA) is 92.7 Å². The largest absolute Gasteiger partial charge is 0.412 e. The van der Waals surface area contributed by atoms with E-state index in [-0.39, 0.29) is 29.8 Å². The minimum absolute atomic E-state index is 0.115. The van der Waals surface area contributed by atoms with Crippen LogP contribution in [-0.4, -0.2) is 34.6 Å². The maximum Gasteiger partial charge on any atom is 0.412 e. The number of pyridine rings is 1. The van der Waals surface area contributed by atoms with Gasteiger partial charge in [0.1, 0.15) is 16.5 Å². The Morgan fingerprint density at radius 1 is 0.939 bits per heavy atom. The van der Waals surface area contributed by atoms with Crippen molar-refractivity contribution in [1.29, 1.82) is 0 Å². The third-order valence-corrected chi connectivity index (χ3v) is 9.45. The molecule has 0 bridgehead atoms. The molecule has 11 heteroatoms. The fourth-order valence-electron chi connectivity index (χ4n) is 5.71. The van der Waals surface area contributed by atoms with E-state index in [1.807, 2.05) is 63.4 Å². The molecule has 0 aliphatic carbocycles. The van der Waals surface area contributed by atoms with Crippen molar-refractivity contribution in [3.05, 3.63) is 118 Å². The zero-order valence-electron chi connectivity index (χ0n) is 28.0. The monoisotopic (exact) mass is 686 g/mol. The molecule has 0 saturated carbocycles. The highest BCUT2D eigenvalue weighted by atomic mass is 32.1. The van der Waals surface area contributed by atoms with Gasteiger partial charge in [-0.25, -0.2) is 13.6 Å². The van der Waals surface area contributed by atoms with Gasteiger partial charge in [-0.3, -0.25) is 14.5 Å². The zero-order valence-corrected chi connectivity index (χ0v) is 28.8. The van der Waals surface area contributed by atoms with Crippen LogP contribution in [0.25, 0.3) is 20.7 Å². The molecule has 2 heterocycles. The van der Waals surface area contributed by atoms with Crippen molar-refractivity contribution < 1.29 is 23.1 Å². The van der Waals surface area contributed by atoms with Gasteiger partial charge >= 0.3 is 6.09 Å². The van der Waals surface area contributed by atoms with Gasteiger partial charge in [-0.2, -0.15) is 0 Å². The first-order chi connectivity index (χ1) is 23.6. The van der Waals surface area contributed by atoms with Gasteiger partial charge in [0.05, 0.1) is 18.1 Å². The number of carbonyl (C=O) groups excluding carboxylic acids is 2. The first-order valence-corrected chi connectivity index (χ1v) is 17.1. The highest BCUT2D eigenvalue weighted by Crippen LogP contribution is 2.40. The average molecular weight is 687 g/mol. The molecule has 5 aromatic rings. The quantitative estimate of drug-likeness (QED) is 0.130. The summed E-state index contributed by atoms with van der Waals surface area (Å²) in [6.45, 7) is 6.29. The van der Waals surface area contributed by atoms with Gasteiger partial charge in [-0.1, -0.05) is 68.8 Å². The lowest BCUT2D eigenvalue weighted by Gasteiger charge is -2.18. The van der Waals surface area contributed by atoms with Crippen LogP contribution in [0.5, 0.6) is 5.75 Å². The van der Waals surface area contributed by atoms with Crippen molar-refractivity contribution in [2.24, 2.45) is 0 Å². The van der Waals surface area contributed by atoms with Gasteiger partial charge in [0.2, 0.25) is 11.3 Å². The van der Waals surface area contributed by atoms with Gasteiger partial charge in [-0.05, 0) is 61.3 Å². The Morgan fingerprint density at radius 3 is 2.29 bits per heavy atom. The van der Waals surface area contributed by atoms with Crippen LogP contribution in [0.3, 0.4) is 0 Å². The molecule has 0 aliphatic rings. The summed E-state index contributed by atoms with van der Waals surface area (Å²) in [5, 5.41) is 5.90. The van der Waals surface area contributed by atoms with Crippen molar-refractivity contribution in [3.63, 3.8) is 0 Å². The minimum atomic E-state index is -0.788. The Kier molecular flexibility index (Phi) is 11.6. The van der Waals surface area contributed by atoms with Crippen LogP contribution in [0.1, 0.15) is 56.7 Å². The summed E-state index contributed by atoms with van der Waals surface area (Å²) in [6.07, 6.45) is 2.46. The molecule has 5 rings (SSSR count). The summed E-state index contributed by atoms with van der Waals surface area (Å²) in [4.78, 5) is 42.6. The first kappa shape index (κ1) is 35.4. The van der Waals surface area contributed by atoms with E-state index in [2.05, 4.69) is 15.5 Å². The summed E-state index contributed by atoms with van der Waals surface area (Å²) < 4.78 is 37.2. The van der Waals surface area contributed by atoms with Crippen LogP contribution < -0.4 is 20.8 Å². The Bertz CT molecular complexity index is 1970. The molecule has 0 radical (unpaired) electrons. The van der Waals surface area contributed by atoms with E-state index in [1.165, 1.54) is 35.7 Å². The molecular weight excluding hydrogens is 647 g/mol. The second-order valence-electron chi connectivity index (χ2n) is 12.1. The number of amides is 2. The van der Waals surface area contributed by atoms with Crippen LogP contribution in [0.15, 0.2) is 83.8 Å². The van der Waals surface area contributed by atoms with Gasteiger partial charge < -0.3 is 19.9 Å². The van der Waals surface area contributed by atoms with Gasteiger partial charge in [-0.15, -0.1) is 11.3 Å². The highest BCUT2D eigenvalue weighted by Gasteiger charge is 2.25. The summed E-state index contributed by atoms with van der Waals surface area (Å²) >= 11 is 1.31. The van der Waals surface area contributed by atoms with E-state index in [1.54, 1.807) is 23.6 Å². The molecule has 2 amide bonds. The molecule has 0 fully saturated rings. The summed E-state index contributed by atoms with van der Waals surface area (Å²) in [7, 11) is 1.94. The molecule has 1 unspecified atom stereocenters. The molecule has 0 saturated heterocycles. The molecule has 0 aliphatic heterocycles. The Morgan fingerprint density at radius 2 is 1.63 bits per heavy atom. The number of thiophene rings is 1. The second kappa shape index (κ2) is 16.0. The Balaban J connectivity index is 1.68. The predicted octanol–water partition coefficient (Wildman–Crippen LogP) is 8.31. The van der Waals surface area contributed by atoms with Crippen LogP contribution in [0.4, 0.5) is 19.3 Å². The Hall–Kier alpha value is -4.87. The normalized spacial score (nSPS) is 11.9. The van der Waals surface area contributed by atoms with E-state index in [9.17, 15) is 23.2 Å². The third-order valence-electron chi connectivity index (χ3n) is 8.13. The summed E-state index contributed by atoms with van der Waals surface area (Å²) in [5.74, 6) is -1.83. The molecule has 0 spiro atoms. The number of rotatable bonds is 13. The molecule has 49 heavy (non-hydrogen) atoms. The van der Waals surface area contributed by atoms with Crippen LogP contribution >= 0.6 is 11.3 Å². The van der Waals surface area contributed by atoms with E-state index in [4.69, 9.17) is 4.74 Å². The van der Waals surface area contributed by atoms with E-state index >= 15 is 0 Å². The maximum atomic E-state index is 15.0. The highest BCUT2D eigenvalue weighted by molar-refractivity contribution is 7.22. The fourth-order valence-corrected chi connectivity index (χ4v) is 7.00. The van der Waals surface area contributed by atoms with Crippen LogP contribution in [0.2, 0.25) is 0 Å². The number of nitrogens with zero attached hydrogens (tertiary/aromatic N) is 2. The maximum absolute atomic E-state index is 15.0. The lowest BCUT2D eigenvalue weighted by Crippen LogP contribution is -2.35. The summed E-state index contributed by atoms with van der Waals surface area (Å²) in [5.41, 5.74) is 2.49. The van der Waals surface area contributed by atoms with Crippen molar-refractivity contribution >= 4 is 39.2 Å². The minimum Gasteiger partial charge on any atom is -0.405 e. The lowest BCUT2D eigenvalue weighted by molar-refractivity contribution is -0.115. The number of hydrogen-bond donors (Lipinski definition) is 2. The van der Waals surface area contributed by atoms with Crippen molar-refractivity contribution in [3.8, 4) is 16.2 Å². The van der Waals surface area contributed by atoms with E-state index in [0.717, 1.165) is 28.8 Å². The number of ether oxygens (including phenoxy) is 1. The number of aromatic nitrogens is 1. The Labute approximate surface area is 288 Å². The van der Waals surface area contributed by atoms with Crippen LogP contribution in [-0.2, 0) is 24.4 Å². The summed E-state index contributed by atoms with van der Waals surface area (Å²) in [6, 6.07) is 20.7. The van der Waals surface area contributed by atoms with E-state index < -0.39 is 23.2 Å². The van der Waals surface area contributed by atoms with Crippen LogP contribution in [0, 0.1) is 11.6 Å². The van der Waals surface area contributed by atoms with E-state index in [0.29, 0.717) is 41.0 Å². The number of carbonyl (C=O) groups is 2. The van der Waals surface area contributed by atoms with Gasteiger partial charge in [0, 0.05) is 41.7 Å².